The van der Waals surface area contributed by atoms with Crippen LogP contribution in [0.4, 0.5) is 0 Å². The standard InChI is InChI=1S/C4H10O.Ga.H2O.3H/c1-2-3-4-5;;;;;/h5H,2-4H2,1H3;;1H2;;;. The SMILES string of the molecule is CCCCO.O.[GaH3]. The van der Waals surface area contributed by atoms with Gasteiger partial charge >= 0.3 is 19.8 Å². The van der Waals surface area contributed by atoms with Gasteiger partial charge in [-0.1, -0.05) is 13.3 Å². The number of rotatable bonds is 2. The third kappa shape index (κ3) is 20.8. The molecule has 0 aliphatic rings. The minimum atomic E-state index is 0. The van der Waals surface area contributed by atoms with Gasteiger partial charge in [0.25, 0.3) is 0 Å². The molecule has 0 atom stereocenters. The maximum atomic E-state index is 8.07. The van der Waals surface area contributed by atoms with Crippen LogP contribution in [0.2, 0.25) is 0 Å². The molecule has 2 nitrogen and oxygen atoms in total. The second kappa shape index (κ2) is 16.0. The number of hydrogen-bond donors (Lipinski definition) is 1. The summed E-state index contributed by atoms with van der Waals surface area (Å²) in [6, 6.07) is 0. The van der Waals surface area contributed by atoms with Crippen molar-refractivity contribution in [3.63, 3.8) is 0 Å². The molecule has 0 spiro atoms. The Kier molecular flexibility index (Phi) is 35.8. The van der Waals surface area contributed by atoms with Crippen molar-refractivity contribution >= 4 is 19.8 Å². The summed E-state index contributed by atoms with van der Waals surface area (Å²) in [7, 11) is 0. The zero-order valence-corrected chi connectivity index (χ0v) is 4.07. The molecule has 0 aliphatic heterocycles. The van der Waals surface area contributed by atoms with E-state index in [-0.39, 0.29) is 25.3 Å². The summed E-state index contributed by atoms with van der Waals surface area (Å²) in [6.45, 7) is 2.40. The second-order valence-electron chi connectivity index (χ2n) is 1.08. The van der Waals surface area contributed by atoms with Gasteiger partial charge in [-0.3, -0.25) is 0 Å². The normalized spacial score (nSPS) is 6.00. The van der Waals surface area contributed by atoms with Gasteiger partial charge in [-0.05, 0) is 6.42 Å². The van der Waals surface area contributed by atoms with Gasteiger partial charge in [-0.2, -0.15) is 0 Å². The molecule has 0 unspecified atom stereocenters. The zero-order chi connectivity index (χ0) is 4.12. The summed E-state index contributed by atoms with van der Waals surface area (Å²) in [6.07, 6.45) is 2.04. The van der Waals surface area contributed by atoms with Crippen molar-refractivity contribution in [1.29, 1.82) is 0 Å². The van der Waals surface area contributed by atoms with E-state index in [1.807, 2.05) is 0 Å². The fraction of sp³-hybridized carbons (Fsp3) is 1.00. The molecule has 0 saturated heterocycles. The number of aliphatic hydroxyl groups is 1. The summed E-state index contributed by atoms with van der Waals surface area (Å²) in [5.41, 5.74) is 0. The van der Waals surface area contributed by atoms with Crippen LogP contribution in [-0.4, -0.2) is 37.0 Å². The van der Waals surface area contributed by atoms with Gasteiger partial charge in [0.2, 0.25) is 0 Å². The Morgan fingerprint density at radius 1 is 1.43 bits per heavy atom. The summed E-state index contributed by atoms with van der Waals surface area (Å²) < 4.78 is 0. The number of hydrogen-bond acceptors (Lipinski definition) is 1. The molecule has 0 rings (SSSR count). The van der Waals surface area contributed by atoms with Crippen LogP contribution in [0.25, 0.3) is 0 Å². The molecule has 0 amide bonds. The molecule has 0 heterocycles. The van der Waals surface area contributed by atoms with E-state index in [9.17, 15) is 0 Å². The molecule has 3 N–H and O–H groups in total. The molecular weight excluding hydrogens is 150 g/mol. The van der Waals surface area contributed by atoms with Crippen molar-refractivity contribution in [2.75, 3.05) is 6.61 Å². The third-order valence-corrected chi connectivity index (χ3v) is 0.512. The average molecular weight is 165 g/mol. The van der Waals surface area contributed by atoms with Crippen LogP contribution in [0.3, 0.4) is 0 Å². The van der Waals surface area contributed by atoms with Gasteiger partial charge in [0.05, 0.1) is 0 Å². The molecule has 0 aromatic carbocycles. The number of unbranched alkanes of at least 4 members (excludes halogenated alkanes) is 1. The van der Waals surface area contributed by atoms with E-state index in [1.165, 1.54) is 0 Å². The first kappa shape index (κ1) is 15.6. The Morgan fingerprint density at radius 2 is 1.86 bits per heavy atom. The quantitative estimate of drug-likeness (QED) is 0.511. The average Bonchev–Trinajstić information content (AvgIpc) is 1.41. The molecule has 0 aromatic rings. The van der Waals surface area contributed by atoms with Gasteiger partial charge < -0.3 is 10.6 Å². The zero-order valence-electron chi connectivity index (χ0n) is 4.07. The first-order valence-corrected chi connectivity index (χ1v) is 2.02. The fourth-order valence-corrected chi connectivity index (χ4v) is 0.158. The van der Waals surface area contributed by atoms with Crippen LogP contribution in [-0.2, 0) is 0 Å². The van der Waals surface area contributed by atoms with Crippen molar-refractivity contribution in [2.45, 2.75) is 19.8 Å². The van der Waals surface area contributed by atoms with Crippen LogP contribution < -0.4 is 0 Å². The molecule has 0 aromatic heterocycles. The Hall–Kier alpha value is 0.556. The van der Waals surface area contributed by atoms with Crippen molar-refractivity contribution < 1.29 is 10.6 Å². The van der Waals surface area contributed by atoms with Crippen molar-refractivity contribution in [3.8, 4) is 0 Å². The predicted molar refractivity (Wildman–Crippen MR) is 35.5 cm³/mol. The van der Waals surface area contributed by atoms with Crippen molar-refractivity contribution in [2.24, 2.45) is 0 Å². The first-order chi connectivity index (χ1) is 2.41. The van der Waals surface area contributed by atoms with Crippen LogP contribution in [0.1, 0.15) is 19.8 Å². The molecular formula is C4H15GaO2. The molecule has 7 heavy (non-hydrogen) atoms. The Labute approximate surface area is 57.3 Å². The van der Waals surface area contributed by atoms with E-state index in [4.69, 9.17) is 5.11 Å². The molecule has 46 valence electrons. The summed E-state index contributed by atoms with van der Waals surface area (Å²) >= 11 is 0. The van der Waals surface area contributed by atoms with Crippen LogP contribution in [0, 0.1) is 0 Å². The van der Waals surface area contributed by atoms with E-state index in [0.717, 1.165) is 12.8 Å². The summed E-state index contributed by atoms with van der Waals surface area (Å²) in [5, 5.41) is 8.07. The maximum absolute atomic E-state index is 8.07. The molecule has 0 saturated carbocycles. The second-order valence-corrected chi connectivity index (χ2v) is 1.08. The number of aliphatic hydroxyl groups excluding tert-OH is 1. The molecule has 0 fully saturated rings. The monoisotopic (exact) mass is 164 g/mol. The predicted octanol–water partition coefficient (Wildman–Crippen LogP) is -1.23. The van der Waals surface area contributed by atoms with E-state index in [2.05, 4.69) is 6.92 Å². The van der Waals surface area contributed by atoms with Crippen molar-refractivity contribution in [1.82, 2.24) is 0 Å². The van der Waals surface area contributed by atoms with Crippen LogP contribution in [0.15, 0.2) is 0 Å². The molecule has 0 radical (unpaired) electrons. The van der Waals surface area contributed by atoms with Gasteiger partial charge in [-0.25, -0.2) is 0 Å². The Balaban J connectivity index is -0.0000000800. The van der Waals surface area contributed by atoms with Gasteiger partial charge in [0.1, 0.15) is 0 Å². The Bertz CT molecular complexity index is 17.2. The topological polar surface area (TPSA) is 51.7 Å². The van der Waals surface area contributed by atoms with E-state index < -0.39 is 0 Å². The van der Waals surface area contributed by atoms with Crippen LogP contribution in [0.5, 0.6) is 0 Å². The van der Waals surface area contributed by atoms with E-state index in [1.54, 1.807) is 0 Å². The van der Waals surface area contributed by atoms with E-state index >= 15 is 0 Å². The summed E-state index contributed by atoms with van der Waals surface area (Å²) in [4.78, 5) is 0. The molecule has 0 bridgehead atoms. The van der Waals surface area contributed by atoms with Crippen molar-refractivity contribution in [3.05, 3.63) is 0 Å². The van der Waals surface area contributed by atoms with Crippen LogP contribution >= 0.6 is 0 Å². The molecule has 0 aliphatic carbocycles. The van der Waals surface area contributed by atoms with Gasteiger partial charge in [-0.15, -0.1) is 0 Å². The minimum absolute atomic E-state index is 0. The van der Waals surface area contributed by atoms with Gasteiger partial charge in [0, 0.05) is 6.61 Å². The van der Waals surface area contributed by atoms with E-state index in [0.29, 0.717) is 6.61 Å². The molecule has 3 heteroatoms. The first-order valence-electron chi connectivity index (χ1n) is 2.02. The summed E-state index contributed by atoms with van der Waals surface area (Å²) in [5.74, 6) is 0. The third-order valence-electron chi connectivity index (χ3n) is 0.512. The fourth-order valence-electron chi connectivity index (χ4n) is 0.158. The Morgan fingerprint density at radius 3 is 1.86 bits per heavy atom. The van der Waals surface area contributed by atoms with Gasteiger partial charge in [0.15, 0.2) is 0 Å².